The molecule has 0 radical (unpaired) electrons. The minimum Gasteiger partial charge on any atom is -0.318 e. The quantitative estimate of drug-likeness (QED) is 0.885. The van der Waals surface area contributed by atoms with Crippen molar-refractivity contribution in [2.75, 3.05) is 12.4 Å². The molecular weight excluding hydrogens is 285 g/mol. The van der Waals surface area contributed by atoms with Crippen LogP contribution in [-0.2, 0) is 14.8 Å². The van der Waals surface area contributed by atoms with E-state index >= 15 is 0 Å². The second kappa shape index (κ2) is 5.17. The molecule has 2 N–H and O–H groups in total. The maximum Gasteiger partial charge on any atom is 0.471 e. The highest BCUT2D eigenvalue weighted by molar-refractivity contribution is 7.89. The summed E-state index contributed by atoms with van der Waals surface area (Å²) < 4.78 is 61.4. The number of hydrogen-bond donors (Lipinski definition) is 2. The van der Waals surface area contributed by atoms with Gasteiger partial charge in [0.1, 0.15) is 0 Å². The summed E-state index contributed by atoms with van der Waals surface area (Å²) >= 11 is 0. The number of amides is 1. The van der Waals surface area contributed by atoms with Crippen LogP contribution in [-0.4, -0.2) is 27.5 Å². The highest BCUT2D eigenvalue weighted by Gasteiger charge is 2.38. The predicted molar refractivity (Wildman–Crippen MR) is 62.1 cm³/mol. The molecule has 0 spiro atoms. The Morgan fingerprint density at radius 2 is 1.84 bits per heavy atom. The second-order valence-corrected chi connectivity index (χ2v) is 5.52. The van der Waals surface area contributed by atoms with Crippen molar-refractivity contribution in [1.82, 2.24) is 4.72 Å². The monoisotopic (exact) mass is 296 g/mol. The molecule has 1 aromatic carbocycles. The van der Waals surface area contributed by atoms with E-state index in [1.165, 1.54) is 26.1 Å². The van der Waals surface area contributed by atoms with E-state index in [1.807, 2.05) is 4.72 Å². The van der Waals surface area contributed by atoms with Crippen LogP contribution in [0.15, 0.2) is 23.1 Å². The zero-order valence-electron chi connectivity index (χ0n) is 10.00. The summed E-state index contributed by atoms with van der Waals surface area (Å²) in [4.78, 5) is 10.6. The summed E-state index contributed by atoms with van der Waals surface area (Å²) in [5.74, 6) is -2.16. The fraction of sp³-hybridized carbons (Fsp3) is 0.300. The summed E-state index contributed by atoms with van der Waals surface area (Å²) in [6.07, 6.45) is -5.04. The third-order valence-electron chi connectivity index (χ3n) is 2.29. The lowest BCUT2D eigenvalue weighted by Gasteiger charge is -2.12. The first kappa shape index (κ1) is 15.4. The number of halogens is 3. The zero-order chi connectivity index (χ0) is 14.8. The van der Waals surface area contributed by atoms with E-state index in [9.17, 15) is 26.4 Å². The van der Waals surface area contributed by atoms with Crippen molar-refractivity contribution >= 4 is 21.6 Å². The largest absolute Gasteiger partial charge is 0.471 e. The lowest BCUT2D eigenvalue weighted by Crippen LogP contribution is -2.30. The van der Waals surface area contributed by atoms with Gasteiger partial charge in [-0.05, 0) is 31.7 Å². The van der Waals surface area contributed by atoms with Gasteiger partial charge in [-0.15, -0.1) is 0 Å². The number of hydrogen-bond acceptors (Lipinski definition) is 3. The minimum atomic E-state index is -5.04. The fourth-order valence-corrected chi connectivity index (χ4v) is 1.97. The van der Waals surface area contributed by atoms with Crippen LogP contribution >= 0.6 is 0 Å². The van der Waals surface area contributed by atoms with E-state index in [0.29, 0.717) is 5.56 Å². The van der Waals surface area contributed by atoms with Crippen molar-refractivity contribution in [3.8, 4) is 0 Å². The van der Waals surface area contributed by atoms with Crippen molar-refractivity contribution in [3.63, 3.8) is 0 Å². The number of sulfonamides is 1. The Balaban J connectivity index is 3.16. The number of carbonyl (C=O) groups is 1. The van der Waals surface area contributed by atoms with Crippen molar-refractivity contribution < 1.29 is 26.4 Å². The molecule has 0 fully saturated rings. The van der Waals surface area contributed by atoms with Gasteiger partial charge in [0, 0.05) is 5.69 Å². The number of carbonyl (C=O) groups excluding carboxylic acids is 1. The van der Waals surface area contributed by atoms with Gasteiger partial charge in [-0.3, -0.25) is 4.79 Å². The number of rotatable bonds is 3. The Bertz CT molecular complexity index is 597. The number of aryl methyl sites for hydroxylation is 1. The molecule has 1 amide bonds. The zero-order valence-corrected chi connectivity index (χ0v) is 10.8. The first-order chi connectivity index (χ1) is 8.58. The standard InChI is InChI=1S/C10H11F3N2O3S/c1-6-3-4-7(19(17,18)14-2)5-8(6)15-9(16)10(11,12)13/h3-5,14H,1-2H3,(H,15,16). The van der Waals surface area contributed by atoms with E-state index in [0.717, 1.165) is 6.07 Å². The number of benzene rings is 1. The molecule has 19 heavy (non-hydrogen) atoms. The van der Waals surface area contributed by atoms with Crippen LogP contribution < -0.4 is 10.0 Å². The van der Waals surface area contributed by atoms with Crippen molar-refractivity contribution in [3.05, 3.63) is 23.8 Å². The fourth-order valence-electron chi connectivity index (χ4n) is 1.21. The van der Waals surface area contributed by atoms with E-state index in [4.69, 9.17) is 0 Å². The van der Waals surface area contributed by atoms with Gasteiger partial charge in [-0.1, -0.05) is 6.07 Å². The van der Waals surface area contributed by atoms with E-state index < -0.39 is 22.1 Å². The van der Waals surface area contributed by atoms with Gasteiger partial charge in [0.25, 0.3) is 0 Å². The summed E-state index contributed by atoms with van der Waals surface area (Å²) in [7, 11) is -2.62. The van der Waals surface area contributed by atoms with Crippen LogP contribution in [0.4, 0.5) is 18.9 Å². The van der Waals surface area contributed by atoms with E-state index in [1.54, 1.807) is 5.32 Å². The van der Waals surface area contributed by atoms with Crippen molar-refractivity contribution in [2.45, 2.75) is 18.0 Å². The number of anilines is 1. The lowest BCUT2D eigenvalue weighted by atomic mass is 10.2. The van der Waals surface area contributed by atoms with Crippen LogP contribution in [0, 0.1) is 6.92 Å². The predicted octanol–water partition coefficient (Wildman–Crippen LogP) is 1.40. The summed E-state index contributed by atoms with van der Waals surface area (Å²) in [6, 6.07) is 3.49. The summed E-state index contributed by atoms with van der Waals surface area (Å²) in [6.45, 7) is 1.45. The van der Waals surface area contributed by atoms with Crippen LogP contribution in [0.25, 0.3) is 0 Å². The van der Waals surface area contributed by atoms with Crippen LogP contribution in [0.5, 0.6) is 0 Å². The Kier molecular flexibility index (Phi) is 4.21. The Labute approximate surface area is 107 Å². The number of alkyl halides is 3. The topological polar surface area (TPSA) is 75.3 Å². The average Bonchev–Trinajstić information content (AvgIpc) is 2.30. The Morgan fingerprint density at radius 1 is 1.26 bits per heavy atom. The van der Waals surface area contributed by atoms with E-state index in [-0.39, 0.29) is 10.6 Å². The minimum absolute atomic E-state index is 0.210. The van der Waals surface area contributed by atoms with Gasteiger partial charge in [0.05, 0.1) is 4.90 Å². The first-order valence-corrected chi connectivity index (χ1v) is 6.48. The highest BCUT2D eigenvalue weighted by atomic mass is 32.2. The van der Waals surface area contributed by atoms with Crippen molar-refractivity contribution in [1.29, 1.82) is 0 Å². The van der Waals surface area contributed by atoms with E-state index in [2.05, 4.69) is 0 Å². The molecule has 0 saturated carbocycles. The van der Waals surface area contributed by atoms with Gasteiger partial charge in [0.2, 0.25) is 10.0 Å². The molecule has 0 saturated heterocycles. The molecule has 0 unspecified atom stereocenters. The first-order valence-electron chi connectivity index (χ1n) is 5.00. The van der Waals surface area contributed by atoms with Crippen LogP contribution in [0.2, 0.25) is 0 Å². The van der Waals surface area contributed by atoms with Gasteiger partial charge in [0.15, 0.2) is 0 Å². The smallest absolute Gasteiger partial charge is 0.318 e. The maximum absolute atomic E-state index is 12.1. The summed E-state index contributed by atoms with van der Waals surface area (Å²) in [5, 5.41) is 1.63. The van der Waals surface area contributed by atoms with Crippen LogP contribution in [0.3, 0.4) is 0 Å². The van der Waals surface area contributed by atoms with Gasteiger partial charge in [-0.2, -0.15) is 13.2 Å². The third kappa shape index (κ3) is 3.67. The molecule has 0 aliphatic carbocycles. The van der Waals surface area contributed by atoms with Gasteiger partial charge < -0.3 is 5.32 Å². The van der Waals surface area contributed by atoms with Crippen molar-refractivity contribution in [2.24, 2.45) is 0 Å². The molecule has 1 rings (SSSR count). The van der Waals surface area contributed by atoms with Gasteiger partial charge in [-0.25, -0.2) is 13.1 Å². The molecule has 0 aliphatic rings. The molecule has 5 nitrogen and oxygen atoms in total. The molecule has 0 aliphatic heterocycles. The second-order valence-electron chi connectivity index (χ2n) is 3.64. The number of nitrogens with one attached hydrogen (secondary N) is 2. The maximum atomic E-state index is 12.1. The molecular formula is C10H11F3N2O3S. The lowest BCUT2D eigenvalue weighted by molar-refractivity contribution is -0.167. The average molecular weight is 296 g/mol. The SMILES string of the molecule is CNS(=O)(=O)c1ccc(C)c(NC(=O)C(F)(F)F)c1. The molecule has 0 atom stereocenters. The normalized spacial score (nSPS) is 12.3. The Morgan fingerprint density at radius 3 is 2.32 bits per heavy atom. The third-order valence-corrected chi connectivity index (χ3v) is 3.71. The molecule has 0 heterocycles. The van der Waals surface area contributed by atoms with Crippen LogP contribution in [0.1, 0.15) is 5.56 Å². The molecule has 1 aromatic rings. The highest BCUT2D eigenvalue weighted by Crippen LogP contribution is 2.23. The molecule has 9 heteroatoms. The van der Waals surface area contributed by atoms with Gasteiger partial charge >= 0.3 is 12.1 Å². The summed E-state index contributed by atoms with van der Waals surface area (Å²) in [5.41, 5.74) is 0.103. The molecule has 0 aromatic heterocycles. The molecule has 0 bridgehead atoms. The Hall–Kier alpha value is -1.61. The molecule has 106 valence electrons.